The molecule has 0 bridgehead atoms. The third kappa shape index (κ3) is 1.20. The first kappa shape index (κ1) is 9.54. The molecule has 1 aliphatic carbocycles. The molecule has 88 valence electrons. The monoisotopic (exact) mass is 227 g/mol. The molecule has 1 saturated heterocycles. The van der Waals surface area contributed by atoms with Crippen LogP contribution in [0.4, 0.5) is 0 Å². The van der Waals surface area contributed by atoms with Gasteiger partial charge in [-0.15, -0.1) is 0 Å². The number of nitrogens with two attached hydrogens (primary N) is 1. The van der Waals surface area contributed by atoms with E-state index in [9.17, 15) is 0 Å². The van der Waals surface area contributed by atoms with Crippen LogP contribution in [0.2, 0.25) is 0 Å². The fourth-order valence-corrected chi connectivity index (χ4v) is 3.66. The summed E-state index contributed by atoms with van der Waals surface area (Å²) in [5, 5.41) is 5.08. The lowest BCUT2D eigenvalue weighted by atomic mass is 9.76. The van der Waals surface area contributed by atoms with Crippen LogP contribution in [0.25, 0.3) is 10.9 Å². The molecule has 2 aliphatic rings. The van der Waals surface area contributed by atoms with Crippen molar-refractivity contribution in [2.24, 2.45) is 0 Å². The van der Waals surface area contributed by atoms with E-state index in [1.807, 2.05) is 0 Å². The fraction of sp³-hybridized carbons (Fsp3) is 0.429. The van der Waals surface area contributed by atoms with Gasteiger partial charge in [0.2, 0.25) is 0 Å². The summed E-state index contributed by atoms with van der Waals surface area (Å²) in [6.45, 7) is 1.16. The fourth-order valence-electron chi connectivity index (χ4n) is 3.66. The predicted molar refractivity (Wildman–Crippen MR) is 69.6 cm³/mol. The molecule has 17 heavy (non-hydrogen) atoms. The van der Waals surface area contributed by atoms with Gasteiger partial charge < -0.3 is 11.2 Å². The first-order chi connectivity index (χ1) is 8.34. The second kappa shape index (κ2) is 3.26. The van der Waals surface area contributed by atoms with Crippen LogP contribution in [0.3, 0.4) is 0 Å². The molecule has 0 radical (unpaired) electrons. The van der Waals surface area contributed by atoms with E-state index in [1.54, 1.807) is 4.68 Å². The van der Waals surface area contributed by atoms with Crippen molar-refractivity contribution in [3.8, 4) is 0 Å². The van der Waals surface area contributed by atoms with Gasteiger partial charge in [-0.05, 0) is 43.0 Å². The predicted octanol–water partition coefficient (Wildman–Crippen LogP) is 1.75. The van der Waals surface area contributed by atoms with E-state index in [1.165, 1.54) is 34.9 Å². The average Bonchev–Trinajstić information content (AvgIpc) is 2.68. The maximum atomic E-state index is 6.03. The molecule has 1 aromatic carbocycles. The number of aromatic nitrogens is 1. The number of benzene rings is 1. The highest BCUT2D eigenvalue weighted by atomic mass is 15.3. The Balaban J connectivity index is 2.00. The number of fused-ring (bicyclic) bond motifs is 2. The Morgan fingerprint density at radius 3 is 3.24 bits per heavy atom. The van der Waals surface area contributed by atoms with Crippen molar-refractivity contribution in [1.82, 2.24) is 9.99 Å². The van der Waals surface area contributed by atoms with Crippen LogP contribution >= 0.6 is 0 Å². The number of nitrogens with one attached hydrogen (secondary N) is 1. The van der Waals surface area contributed by atoms with Crippen molar-refractivity contribution in [2.45, 2.75) is 31.2 Å². The zero-order valence-corrected chi connectivity index (χ0v) is 9.82. The lowest BCUT2D eigenvalue weighted by Gasteiger charge is -2.36. The van der Waals surface area contributed by atoms with Crippen LogP contribution in [-0.4, -0.2) is 17.3 Å². The van der Waals surface area contributed by atoms with Crippen molar-refractivity contribution in [1.29, 1.82) is 0 Å². The molecule has 0 spiro atoms. The molecule has 2 heterocycles. The van der Waals surface area contributed by atoms with E-state index in [2.05, 4.69) is 29.7 Å². The van der Waals surface area contributed by atoms with Crippen LogP contribution in [0.1, 0.15) is 29.9 Å². The highest BCUT2D eigenvalue weighted by Crippen LogP contribution is 2.40. The largest absolute Gasteiger partial charge is 0.339 e. The quantitative estimate of drug-likeness (QED) is 0.673. The summed E-state index contributed by atoms with van der Waals surface area (Å²) in [4.78, 5) is 0. The smallest absolute Gasteiger partial charge is 0.0695 e. The Morgan fingerprint density at radius 1 is 1.35 bits per heavy atom. The third-order valence-electron chi connectivity index (χ3n) is 4.39. The molecular formula is C14H17N3. The van der Waals surface area contributed by atoms with Gasteiger partial charge in [0, 0.05) is 23.5 Å². The number of piperidine rings is 1. The van der Waals surface area contributed by atoms with Gasteiger partial charge in [-0.2, -0.15) is 0 Å². The van der Waals surface area contributed by atoms with Crippen LogP contribution in [0, 0.1) is 0 Å². The van der Waals surface area contributed by atoms with Gasteiger partial charge in [0.1, 0.15) is 0 Å². The summed E-state index contributed by atoms with van der Waals surface area (Å²) >= 11 is 0. The average molecular weight is 227 g/mol. The number of hydrogen-bond donors (Lipinski definition) is 2. The first-order valence-corrected chi connectivity index (χ1v) is 6.46. The molecule has 3 N–H and O–H groups in total. The molecule has 4 rings (SSSR count). The summed E-state index contributed by atoms with van der Waals surface area (Å²) < 4.78 is 1.78. The molecule has 0 unspecified atom stereocenters. The van der Waals surface area contributed by atoms with Gasteiger partial charge in [0.05, 0.1) is 5.52 Å². The molecule has 3 heteroatoms. The minimum Gasteiger partial charge on any atom is -0.339 e. The van der Waals surface area contributed by atoms with Crippen molar-refractivity contribution in [3.05, 3.63) is 35.5 Å². The van der Waals surface area contributed by atoms with E-state index >= 15 is 0 Å². The van der Waals surface area contributed by atoms with E-state index in [0.717, 1.165) is 13.0 Å². The third-order valence-corrected chi connectivity index (χ3v) is 4.39. The van der Waals surface area contributed by atoms with Gasteiger partial charge >= 0.3 is 0 Å². The van der Waals surface area contributed by atoms with Gasteiger partial charge in [0.15, 0.2) is 0 Å². The van der Waals surface area contributed by atoms with Gasteiger partial charge in [-0.3, -0.25) is 4.68 Å². The lowest BCUT2D eigenvalue weighted by Crippen LogP contribution is -2.43. The van der Waals surface area contributed by atoms with Crippen LogP contribution in [0.5, 0.6) is 0 Å². The van der Waals surface area contributed by atoms with Crippen molar-refractivity contribution >= 4 is 10.9 Å². The van der Waals surface area contributed by atoms with E-state index in [4.69, 9.17) is 5.84 Å². The number of nitrogen functional groups attached to an aromatic ring is 1. The molecule has 0 saturated carbocycles. The Hall–Kier alpha value is -1.48. The molecule has 2 aromatic rings. The first-order valence-electron chi connectivity index (χ1n) is 6.46. The van der Waals surface area contributed by atoms with Crippen LogP contribution < -0.4 is 11.2 Å². The standard InChI is InChI=1S/C14H17N3/c15-17-8-9-7-12-10(4-2-6-16-12)11-3-1-5-13(17)14(9)11/h1,3,5,8,10,12,16H,2,4,6-7,15H2/t10-,12-/m1/s1. The summed E-state index contributed by atoms with van der Waals surface area (Å²) in [6, 6.07) is 7.17. The Labute approximate surface area is 101 Å². The van der Waals surface area contributed by atoms with Crippen molar-refractivity contribution in [3.63, 3.8) is 0 Å². The highest BCUT2D eigenvalue weighted by Gasteiger charge is 2.33. The summed E-state index contributed by atoms with van der Waals surface area (Å²) in [6.07, 6.45) is 5.82. The maximum absolute atomic E-state index is 6.03. The molecule has 0 amide bonds. The molecule has 1 aliphatic heterocycles. The van der Waals surface area contributed by atoms with Gasteiger partial charge in [0.25, 0.3) is 0 Å². The lowest BCUT2D eigenvalue weighted by molar-refractivity contribution is 0.345. The molecule has 3 nitrogen and oxygen atoms in total. The zero-order valence-electron chi connectivity index (χ0n) is 9.82. The summed E-state index contributed by atoms with van der Waals surface area (Å²) in [5.74, 6) is 6.72. The Bertz CT molecular complexity index is 584. The van der Waals surface area contributed by atoms with Gasteiger partial charge in [-0.1, -0.05) is 12.1 Å². The minimum atomic E-state index is 0.615. The van der Waals surface area contributed by atoms with E-state index < -0.39 is 0 Å². The molecule has 1 aromatic heterocycles. The summed E-state index contributed by atoms with van der Waals surface area (Å²) in [7, 11) is 0. The normalized spacial score (nSPS) is 27.1. The second-order valence-corrected chi connectivity index (χ2v) is 5.32. The molecular weight excluding hydrogens is 210 g/mol. The van der Waals surface area contributed by atoms with E-state index in [0.29, 0.717) is 12.0 Å². The maximum Gasteiger partial charge on any atom is 0.0695 e. The Kier molecular flexibility index (Phi) is 1.83. The number of rotatable bonds is 0. The second-order valence-electron chi connectivity index (χ2n) is 5.32. The van der Waals surface area contributed by atoms with Crippen molar-refractivity contribution < 1.29 is 0 Å². The van der Waals surface area contributed by atoms with Gasteiger partial charge in [-0.25, -0.2) is 0 Å². The topological polar surface area (TPSA) is 43.0 Å². The zero-order chi connectivity index (χ0) is 11.4. The highest BCUT2D eigenvalue weighted by molar-refractivity contribution is 5.89. The number of hydrogen-bond acceptors (Lipinski definition) is 2. The molecule has 1 fully saturated rings. The minimum absolute atomic E-state index is 0.615. The SMILES string of the molecule is Nn1cc2c3c(cccc31)[C@H]1CCCN[C@@H]1C2. The summed E-state index contributed by atoms with van der Waals surface area (Å²) in [5.41, 5.74) is 4.10. The van der Waals surface area contributed by atoms with E-state index in [-0.39, 0.29) is 0 Å². The van der Waals surface area contributed by atoms with Crippen molar-refractivity contribution in [2.75, 3.05) is 12.4 Å². The Morgan fingerprint density at radius 2 is 2.29 bits per heavy atom. The molecule has 2 atom stereocenters. The number of nitrogens with zero attached hydrogens (tertiary/aromatic N) is 1. The van der Waals surface area contributed by atoms with Crippen LogP contribution in [0.15, 0.2) is 24.4 Å². The van der Waals surface area contributed by atoms with Crippen LogP contribution in [-0.2, 0) is 6.42 Å².